The molecule has 0 spiro atoms. The smallest absolute Gasteiger partial charge is 0.338 e. The van der Waals surface area contributed by atoms with Gasteiger partial charge in [0.1, 0.15) is 0 Å². The maximum atomic E-state index is 12.4. The topological polar surface area (TPSA) is 189 Å². The summed E-state index contributed by atoms with van der Waals surface area (Å²) in [6.45, 7) is 8.80. The van der Waals surface area contributed by atoms with Gasteiger partial charge >= 0.3 is 23.9 Å². The summed E-state index contributed by atoms with van der Waals surface area (Å²) in [7, 11) is -4.30. The van der Waals surface area contributed by atoms with Gasteiger partial charge in [0.05, 0.1) is 35.5 Å². The summed E-state index contributed by atoms with van der Waals surface area (Å²) in [5, 5.41) is 18.4. The number of esters is 2. The van der Waals surface area contributed by atoms with Crippen molar-refractivity contribution in [2.24, 2.45) is 0 Å². The maximum absolute atomic E-state index is 12.4. The average molecular weight is 667 g/mol. The van der Waals surface area contributed by atoms with Crippen LogP contribution < -0.4 is 9.47 Å². The minimum atomic E-state index is -2.15. The normalized spacial score (nSPS) is 10.8. The first kappa shape index (κ1) is 40.7. The highest BCUT2D eigenvalue weighted by Crippen LogP contribution is 2.28. The molecule has 0 bridgehead atoms. The molecule has 0 radical (unpaired) electrons. The van der Waals surface area contributed by atoms with Gasteiger partial charge in [-0.05, 0) is 87.5 Å². The quantitative estimate of drug-likeness (QED) is 0.0860. The Bertz CT molecular complexity index is 1360. The number of carbonyl (C=O) groups excluding carboxylic acids is 4. The van der Waals surface area contributed by atoms with Crippen molar-refractivity contribution in [3.63, 3.8) is 0 Å². The fraction of sp³-hybridized carbons (Fsp3) is 0.400. The molecule has 0 unspecified atom stereocenters. The molecule has 2 N–H and O–H groups in total. The van der Waals surface area contributed by atoms with E-state index in [0.29, 0.717) is 18.9 Å². The first-order valence-electron chi connectivity index (χ1n) is 13.2. The molecule has 13 nitrogen and oxygen atoms in total. The van der Waals surface area contributed by atoms with Crippen LogP contribution in [0, 0.1) is 0 Å². The van der Waals surface area contributed by atoms with Crippen LogP contribution in [0.2, 0.25) is 38.3 Å². The van der Waals surface area contributed by atoms with Gasteiger partial charge in [-0.15, -0.1) is 0 Å². The minimum absolute atomic E-state index is 0. The Hall–Kier alpha value is -4.35. The van der Waals surface area contributed by atoms with E-state index in [1.165, 1.54) is 24.3 Å². The Morgan fingerprint density at radius 1 is 0.667 bits per heavy atom. The number of carboxylic acid groups (broad SMARTS) is 2. The van der Waals surface area contributed by atoms with E-state index in [0.717, 1.165) is 18.2 Å². The molecule has 2 aromatic rings. The second-order valence-electron chi connectivity index (χ2n) is 10.6. The van der Waals surface area contributed by atoms with Gasteiger partial charge in [-0.2, -0.15) is 0 Å². The van der Waals surface area contributed by atoms with E-state index in [1.807, 2.05) is 0 Å². The zero-order valence-corrected chi connectivity index (χ0v) is 26.2. The molecule has 0 aliphatic carbocycles. The van der Waals surface area contributed by atoms with E-state index in [4.69, 9.17) is 28.2 Å². The highest BCUT2D eigenvalue weighted by atomic mass is 28.4. The second-order valence-corrected chi connectivity index (χ2v) is 19.4. The van der Waals surface area contributed by atoms with Crippen molar-refractivity contribution >= 4 is 53.5 Å². The summed E-state index contributed by atoms with van der Waals surface area (Å²) in [6.07, 6.45) is 1.09. The molecule has 0 amide bonds. The molecule has 0 saturated carbocycles. The fourth-order valence-corrected chi connectivity index (χ4v) is 13.1. The van der Waals surface area contributed by atoms with Crippen molar-refractivity contribution in [1.82, 2.24) is 0 Å². The molecule has 2 rings (SSSR count). The zero-order valence-electron chi connectivity index (χ0n) is 24.2. The van der Waals surface area contributed by atoms with Crippen LogP contribution in [0.25, 0.3) is 0 Å². The molecule has 0 saturated heterocycles. The van der Waals surface area contributed by atoms with E-state index in [-0.39, 0.29) is 63.6 Å². The Labute approximate surface area is 264 Å². The van der Waals surface area contributed by atoms with Crippen LogP contribution in [0.15, 0.2) is 36.4 Å². The van der Waals surface area contributed by atoms with Crippen molar-refractivity contribution in [3.8, 4) is 11.5 Å². The first-order chi connectivity index (χ1) is 20.2. The van der Waals surface area contributed by atoms with Crippen LogP contribution in [0.5, 0.6) is 11.5 Å². The van der Waals surface area contributed by atoms with Crippen LogP contribution in [0.1, 0.15) is 69.1 Å². The van der Waals surface area contributed by atoms with Crippen molar-refractivity contribution in [2.45, 2.75) is 66.0 Å². The third kappa shape index (κ3) is 13.0. The van der Waals surface area contributed by atoms with E-state index >= 15 is 0 Å². The molecule has 248 valence electrons. The summed E-state index contributed by atoms with van der Waals surface area (Å²) in [6, 6.07) is 8.61. The van der Waals surface area contributed by atoms with Crippen molar-refractivity contribution < 1.29 is 62.0 Å². The third-order valence-electron chi connectivity index (χ3n) is 6.11. The Morgan fingerprint density at radius 2 is 1.11 bits per heavy atom. The third-order valence-corrected chi connectivity index (χ3v) is 13.6. The van der Waals surface area contributed by atoms with Gasteiger partial charge in [0.2, 0.25) is 0 Å². The van der Waals surface area contributed by atoms with Gasteiger partial charge in [0, 0.05) is 0 Å². The lowest BCUT2D eigenvalue weighted by atomic mass is 10.0. The Kier molecular flexibility index (Phi) is 16.7. The maximum Gasteiger partial charge on any atom is 0.338 e. The SMILES string of the molecule is C.C.C[Si](C)(CCCOC(=O)c1ccc(OC=O)c(OC=O)c1)O[Si](C)(C)CCCOC(=O)c1ccc(C(=O)O)c(C(=O)O)c1. The highest BCUT2D eigenvalue weighted by molar-refractivity contribution is 6.84. The Balaban J connectivity index is 0.00000968. The molecular formula is C30H42O13Si2. The number of benzene rings is 2. The van der Waals surface area contributed by atoms with Crippen molar-refractivity contribution in [3.05, 3.63) is 58.7 Å². The minimum Gasteiger partial charge on any atom is -0.478 e. The lowest BCUT2D eigenvalue weighted by molar-refractivity contribution is -0.123. The van der Waals surface area contributed by atoms with E-state index < -0.39 is 51.6 Å². The van der Waals surface area contributed by atoms with Crippen molar-refractivity contribution in [2.75, 3.05) is 13.2 Å². The molecule has 0 aliphatic rings. The van der Waals surface area contributed by atoms with Crippen LogP contribution in [-0.2, 0) is 23.2 Å². The molecule has 45 heavy (non-hydrogen) atoms. The highest BCUT2D eigenvalue weighted by Gasteiger charge is 2.32. The number of hydrogen-bond acceptors (Lipinski definition) is 11. The van der Waals surface area contributed by atoms with Gasteiger partial charge in [0.25, 0.3) is 12.9 Å². The lowest BCUT2D eigenvalue weighted by Crippen LogP contribution is -2.44. The first-order valence-corrected chi connectivity index (χ1v) is 19.4. The fourth-order valence-electron chi connectivity index (χ4n) is 4.31. The molecule has 15 heteroatoms. The van der Waals surface area contributed by atoms with E-state index in [1.54, 1.807) is 0 Å². The second kappa shape index (κ2) is 18.5. The molecular weight excluding hydrogens is 624 g/mol. The largest absolute Gasteiger partial charge is 0.478 e. The van der Waals surface area contributed by atoms with Gasteiger partial charge in [-0.3, -0.25) is 9.59 Å². The summed E-state index contributed by atoms with van der Waals surface area (Å²) in [5.74, 6) is -4.36. The summed E-state index contributed by atoms with van der Waals surface area (Å²) < 4.78 is 26.6. The van der Waals surface area contributed by atoms with E-state index in [9.17, 15) is 33.9 Å². The van der Waals surface area contributed by atoms with Crippen molar-refractivity contribution in [1.29, 1.82) is 0 Å². The van der Waals surface area contributed by atoms with Crippen LogP contribution >= 0.6 is 0 Å². The monoisotopic (exact) mass is 666 g/mol. The van der Waals surface area contributed by atoms with Crippen LogP contribution in [-0.4, -0.2) is 76.9 Å². The molecule has 2 aromatic carbocycles. The standard InChI is InChI=1S/C28H34O13Si2.2CH4/c1-42(2,13-5-11-37-27(35)19-7-9-21(25(31)32)22(15-19)26(33)34)41-43(3,4)14-6-12-38-28(36)20-8-10-23(39-17-29)24(16-20)40-18-30;;/h7-10,15-18H,5-6,11-14H2,1-4H3,(H,31,32)(H,33,34);2*1H4. The molecule has 0 aliphatic heterocycles. The number of aromatic carboxylic acids is 2. The van der Waals surface area contributed by atoms with Gasteiger partial charge in [-0.1, -0.05) is 14.9 Å². The number of ether oxygens (including phenoxy) is 4. The van der Waals surface area contributed by atoms with Gasteiger partial charge in [-0.25, -0.2) is 19.2 Å². The number of hydrogen-bond donors (Lipinski definition) is 2. The van der Waals surface area contributed by atoms with E-state index in [2.05, 4.69) is 26.2 Å². The van der Waals surface area contributed by atoms with Crippen LogP contribution in [0.4, 0.5) is 0 Å². The summed E-state index contributed by atoms with van der Waals surface area (Å²) >= 11 is 0. The molecule has 0 heterocycles. The molecule has 0 aromatic heterocycles. The predicted octanol–water partition coefficient (Wildman–Crippen LogP) is 5.65. The zero-order chi connectivity index (χ0) is 32.2. The van der Waals surface area contributed by atoms with Crippen LogP contribution in [0.3, 0.4) is 0 Å². The summed E-state index contributed by atoms with van der Waals surface area (Å²) in [5.41, 5.74) is -0.848. The predicted molar refractivity (Wildman–Crippen MR) is 169 cm³/mol. The van der Waals surface area contributed by atoms with Gasteiger partial charge < -0.3 is 33.3 Å². The average Bonchev–Trinajstić information content (AvgIpc) is 2.93. The number of carbonyl (C=O) groups is 6. The lowest BCUT2D eigenvalue weighted by Gasteiger charge is -2.34. The van der Waals surface area contributed by atoms with Gasteiger partial charge in [0.15, 0.2) is 28.1 Å². The molecule has 0 atom stereocenters. The number of carboxylic acids is 2. The summed E-state index contributed by atoms with van der Waals surface area (Å²) in [4.78, 5) is 68.6. The molecule has 0 fully saturated rings. The Morgan fingerprint density at radius 3 is 1.58 bits per heavy atom. The number of rotatable bonds is 18.